The monoisotopic (exact) mass is 380 g/mol. The summed E-state index contributed by atoms with van der Waals surface area (Å²) in [5.74, 6) is -1.43. The Labute approximate surface area is 161 Å². The minimum absolute atomic E-state index is 0.0188. The summed E-state index contributed by atoms with van der Waals surface area (Å²) in [6.07, 6.45) is 1.62. The fourth-order valence-electron chi connectivity index (χ4n) is 3.42. The third-order valence-electron chi connectivity index (χ3n) is 4.88. The second-order valence-electron chi connectivity index (χ2n) is 6.55. The Morgan fingerprint density at radius 3 is 2.79 bits per heavy atom. The summed E-state index contributed by atoms with van der Waals surface area (Å²) < 4.78 is 6.99. The van der Waals surface area contributed by atoms with Gasteiger partial charge in [-0.05, 0) is 13.0 Å². The van der Waals surface area contributed by atoms with Crippen molar-refractivity contribution in [2.24, 2.45) is 0 Å². The smallest absolute Gasteiger partial charge is 0.328 e. The second-order valence-corrected chi connectivity index (χ2v) is 6.55. The van der Waals surface area contributed by atoms with Crippen molar-refractivity contribution in [3.8, 4) is 11.3 Å². The van der Waals surface area contributed by atoms with Gasteiger partial charge in [-0.2, -0.15) is 5.10 Å². The van der Waals surface area contributed by atoms with Gasteiger partial charge in [-0.3, -0.25) is 4.79 Å². The molecule has 28 heavy (non-hydrogen) atoms. The lowest BCUT2D eigenvalue weighted by Crippen LogP contribution is -2.52. The molecule has 0 aliphatic carbocycles. The number of aromatic nitrogens is 3. The van der Waals surface area contributed by atoms with Crippen LogP contribution in [0.5, 0.6) is 0 Å². The number of aryl methyl sites for hydroxylation is 1. The lowest BCUT2D eigenvalue weighted by atomic mass is 10.0. The first-order chi connectivity index (χ1) is 13.6. The molecular formula is C20H20N4O4. The van der Waals surface area contributed by atoms with Crippen molar-refractivity contribution in [2.45, 2.75) is 19.5 Å². The number of aliphatic carboxylic acids is 1. The summed E-state index contributed by atoms with van der Waals surface area (Å²) in [7, 11) is 0. The van der Waals surface area contributed by atoms with Crippen molar-refractivity contribution in [2.75, 3.05) is 19.8 Å². The number of carbonyl (C=O) groups excluding carboxylic acids is 1. The number of rotatable bonds is 4. The number of morpholine rings is 1. The molecule has 1 fully saturated rings. The molecule has 0 radical (unpaired) electrons. The largest absolute Gasteiger partial charge is 0.480 e. The highest BCUT2D eigenvalue weighted by molar-refractivity contribution is 6.07. The maximum absolute atomic E-state index is 13.4. The Balaban J connectivity index is 1.86. The number of benzene rings is 1. The zero-order chi connectivity index (χ0) is 19.7. The van der Waals surface area contributed by atoms with Crippen LogP contribution in [0.3, 0.4) is 0 Å². The molecule has 3 aromatic rings. The van der Waals surface area contributed by atoms with Gasteiger partial charge in [0.25, 0.3) is 5.91 Å². The van der Waals surface area contributed by atoms with Gasteiger partial charge in [-0.1, -0.05) is 30.3 Å². The molecule has 1 aliphatic rings. The van der Waals surface area contributed by atoms with Crippen molar-refractivity contribution < 1.29 is 19.4 Å². The third-order valence-corrected chi connectivity index (χ3v) is 4.88. The molecule has 8 heteroatoms. The lowest BCUT2D eigenvalue weighted by Gasteiger charge is -2.33. The Kier molecular flexibility index (Phi) is 4.79. The average Bonchev–Trinajstić information content (AvgIpc) is 3.16. The predicted octanol–water partition coefficient (Wildman–Crippen LogP) is 2.04. The molecule has 0 saturated carbocycles. The van der Waals surface area contributed by atoms with E-state index in [1.807, 2.05) is 37.3 Å². The molecular weight excluding hydrogens is 360 g/mol. The van der Waals surface area contributed by atoms with Crippen molar-refractivity contribution in [1.82, 2.24) is 19.7 Å². The predicted molar refractivity (Wildman–Crippen MR) is 102 cm³/mol. The Bertz CT molecular complexity index is 1030. The Morgan fingerprint density at radius 1 is 1.29 bits per heavy atom. The molecule has 1 N–H and O–H groups in total. The number of pyridine rings is 1. The molecule has 0 spiro atoms. The number of hydrogen-bond acceptors (Lipinski definition) is 5. The van der Waals surface area contributed by atoms with Gasteiger partial charge < -0.3 is 14.7 Å². The molecule has 8 nitrogen and oxygen atoms in total. The van der Waals surface area contributed by atoms with Crippen LogP contribution in [0.1, 0.15) is 17.3 Å². The fraction of sp³-hybridized carbons (Fsp3) is 0.300. The zero-order valence-corrected chi connectivity index (χ0v) is 15.4. The van der Waals surface area contributed by atoms with Crippen LogP contribution in [0, 0.1) is 0 Å². The van der Waals surface area contributed by atoms with E-state index >= 15 is 0 Å². The molecule has 4 rings (SSSR count). The average molecular weight is 380 g/mol. The highest BCUT2D eigenvalue weighted by Gasteiger charge is 2.34. The van der Waals surface area contributed by atoms with Crippen LogP contribution in [0.25, 0.3) is 22.3 Å². The highest BCUT2D eigenvalue weighted by atomic mass is 16.5. The summed E-state index contributed by atoms with van der Waals surface area (Å²) in [4.78, 5) is 31.0. The fourth-order valence-corrected chi connectivity index (χ4v) is 3.42. The molecule has 2 aromatic heterocycles. The van der Waals surface area contributed by atoms with Crippen LogP contribution in [-0.4, -0.2) is 62.4 Å². The van der Waals surface area contributed by atoms with Gasteiger partial charge >= 0.3 is 5.97 Å². The van der Waals surface area contributed by atoms with E-state index in [1.165, 1.54) is 4.90 Å². The molecule has 1 unspecified atom stereocenters. The normalized spacial score (nSPS) is 17.0. The van der Waals surface area contributed by atoms with E-state index in [0.29, 0.717) is 35.4 Å². The van der Waals surface area contributed by atoms with Gasteiger partial charge in [0.2, 0.25) is 0 Å². The summed E-state index contributed by atoms with van der Waals surface area (Å²) in [5.41, 5.74) is 2.52. The van der Waals surface area contributed by atoms with E-state index in [2.05, 4.69) is 5.10 Å². The van der Waals surface area contributed by atoms with Crippen molar-refractivity contribution in [3.63, 3.8) is 0 Å². The maximum atomic E-state index is 13.4. The zero-order valence-electron chi connectivity index (χ0n) is 15.4. The van der Waals surface area contributed by atoms with Crippen LogP contribution in [0.2, 0.25) is 0 Å². The van der Waals surface area contributed by atoms with Gasteiger partial charge in [-0.15, -0.1) is 0 Å². The minimum atomic E-state index is -1.08. The Morgan fingerprint density at radius 2 is 2.07 bits per heavy atom. The summed E-state index contributed by atoms with van der Waals surface area (Å²) >= 11 is 0. The maximum Gasteiger partial charge on any atom is 0.328 e. The molecule has 1 amide bonds. The molecule has 1 saturated heterocycles. The van der Waals surface area contributed by atoms with Gasteiger partial charge in [0, 0.05) is 18.7 Å². The first-order valence-corrected chi connectivity index (χ1v) is 9.13. The van der Waals surface area contributed by atoms with E-state index in [1.54, 1.807) is 16.9 Å². The molecule has 1 aromatic carbocycles. The number of amides is 1. The molecule has 3 heterocycles. The number of carboxylic acid groups (broad SMARTS) is 1. The van der Waals surface area contributed by atoms with Gasteiger partial charge in [-0.25, -0.2) is 14.5 Å². The first-order valence-electron chi connectivity index (χ1n) is 9.13. The van der Waals surface area contributed by atoms with Gasteiger partial charge in [0.05, 0.1) is 36.1 Å². The van der Waals surface area contributed by atoms with Crippen LogP contribution in [0.4, 0.5) is 0 Å². The van der Waals surface area contributed by atoms with Crippen molar-refractivity contribution in [1.29, 1.82) is 0 Å². The molecule has 1 atom stereocenters. The van der Waals surface area contributed by atoms with Gasteiger partial charge in [0.15, 0.2) is 11.7 Å². The van der Waals surface area contributed by atoms with E-state index in [9.17, 15) is 14.7 Å². The molecule has 144 valence electrons. The van der Waals surface area contributed by atoms with Crippen molar-refractivity contribution in [3.05, 3.63) is 48.2 Å². The number of carbonyl (C=O) groups is 2. The summed E-state index contributed by atoms with van der Waals surface area (Å²) in [6.45, 7) is 3.08. The van der Waals surface area contributed by atoms with Crippen LogP contribution in [-0.2, 0) is 16.1 Å². The topological polar surface area (TPSA) is 97.6 Å². The highest BCUT2D eigenvalue weighted by Crippen LogP contribution is 2.27. The standard InChI is InChI=1S/C20H20N4O4/c1-2-24-18-15(11-21-24)14(10-16(22-18)13-6-4-3-5-7-13)19(25)23-8-9-28-12-17(23)20(26)27/h3-7,10-11,17H,2,8-9,12H2,1H3,(H,26,27). The number of hydrogen-bond donors (Lipinski definition) is 1. The number of nitrogens with zero attached hydrogens (tertiary/aromatic N) is 4. The van der Waals surface area contributed by atoms with Crippen LogP contribution < -0.4 is 0 Å². The van der Waals surface area contributed by atoms with Crippen LogP contribution >= 0.6 is 0 Å². The SMILES string of the molecule is CCn1ncc2c(C(=O)N3CCOCC3C(=O)O)cc(-c3ccccc3)nc21. The summed E-state index contributed by atoms with van der Waals surface area (Å²) in [5, 5.41) is 14.4. The Hall–Kier alpha value is -3.26. The number of ether oxygens (including phenoxy) is 1. The van der Waals surface area contributed by atoms with Crippen LogP contribution in [0.15, 0.2) is 42.6 Å². The lowest BCUT2D eigenvalue weighted by molar-refractivity contribution is -0.147. The minimum Gasteiger partial charge on any atom is -0.480 e. The van der Waals surface area contributed by atoms with Crippen molar-refractivity contribution >= 4 is 22.9 Å². The number of carboxylic acids is 1. The molecule has 0 bridgehead atoms. The first kappa shape index (κ1) is 18.1. The third kappa shape index (κ3) is 3.11. The van der Waals surface area contributed by atoms with E-state index in [4.69, 9.17) is 9.72 Å². The molecule has 1 aliphatic heterocycles. The van der Waals surface area contributed by atoms with E-state index < -0.39 is 12.0 Å². The van der Waals surface area contributed by atoms with Gasteiger partial charge in [0.1, 0.15) is 0 Å². The number of fused-ring (bicyclic) bond motifs is 1. The van der Waals surface area contributed by atoms with E-state index in [0.717, 1.165) is 5.56 Å². The summed E-state index contributed by atoms with van der Waals surface area (Å²) in [6, 6.07) is 10.3. The second kappa shape index (κ2) is 7.40. The van der Waals surface area contributed by atoms with E-state index in [-0.39, 0.29) is 19.1 Å². The quantitative estimate of drug-likeness (QED) is 0.744.